The lowest BCUT2D eigenvalue weighted by molar-refractivity contribution is -0.149. The number of rotatable bonds is 4. The van der Waals surface area contributed by atoms with Crippen LogP contribution in [-0.4, -0.2) is 35.3 Å². The van der Waals surface area contributed by atoms with Crippen molar-refractivity contribution in [3.63, 3.8) is 0 Å². The quantitative estimate of drug-likeness (QED) is 0.782. The van der Waals surface area contributed by atoms with Crippen molar-refractivity contribution in [2.24, 2.45) is 5.92 Å². The molecule has 92 valence electrons. The molecule has 16 heavy (non-hydrogen) atoms. The molecule has 1 saturated heterocycles. The second-order valence-electron chi connectivity index (χ2n) is 4.87. The van der Waals surface area contributed by atoms with E-state index < -0.39 is 0 Å². The molecule has 2 atom stereocenters. The molecule has 2 amide bonds. The predicted molar refractivity (Wildman–Crippen MR) is 62.9 cm³/mol. The highest BCUT2D eigenvalue weighted by atomic mass is 16.2. The summed E-state index contributed by atoms with van der Waals surface area (Å²) in [5.41, 5.74) is 0. The zero-order valence-electron chi connectivity index (χ0n) is 10.6. The summed E-state index contributed by atoms with van der Waals surface area (Å²) in [5, 5.41) is 2.72. The molecular weight excluding hydrogens is 204 g/mol. The smallest absolute Gasteiger partial charge is 0.245 e. The lowest BCUT2D eigenvalue weighted by atomic mass is 10.0. The van der Waals surface area contributed by atoms with Crippen LogP contribution in [0.3, 0.4) is 0 Å². The van der Waals surface area contributed by atoms with Crippen molar-refractivity contribution < 1.29 is 9.59 Å². The van der Waals surface area contributed by atoms with Crippen LogP contribution in [0.2, 0.25) is 0 Å². The number of hydrogen-bond acceptors (Lipinski definition) is 2. The van der Waals surface area contributed by atoms with Gasteiger partial charge >= 0.3 is 0 Å². The Balaban J connectivity index is 2.73. The Morgan fingerprint density at radius 1 is 1.38 bits per heavy atom. The summed E-state index contributed by atoms with van der Waals surface area (Å²) in [6.45, 7) is 8.62. The summed E-state index contributed by atoms with van der Waals surface area (Å²) < 4.78 is 0. The van der Waals surface area contributed by atoms with E-state index in [0.29, 0.717) is 18.9 Å². The molecule has 0 aromatic carbocycles. The fourth-order valence-corrected chi connectivity index (χ4v) is 1.98. The summed E-state index contributed by atoms with van der Waals surface area (Å²) in [6.07, 6.45) is 1.63. The number of nitrogens with zero attached hydrogens (tertiary/aromatic N) is 1. The normalized spacial score (nSPS) is 26.2. The number of carbonyl (C=O) groups is 2. The summed E-state index contributed by atoms with van der Waals surface area (Å²) in [6, 6.07) is -0.648. The SMILES string of the molecule is CCC1C(=O)NC(C)C(=O)N1CCC(C)C. The first-order valence-electron chi connectivity index (χ1n) is 6.08. The van der Waals surface area contributed by atoms with E-state index in [1.54, 1.807) is 11.8 Å². The van der Waals surface area contributed by atoms with Crippen molar-refractivity contribution in [3.05, 3.63) is 0 Å². The zero-order chi connectivity index (χ0) is 12.3. The van der Waals surface area contributed by atoms with E-state index in [-0.39, 0.29) is 23.9 Å². The first-order valence-corrected chi connectivity index (χ1v) is 6.08. The summed E-state index contributed by atoms with van der Waals surface area (Å²) in [7, 11) is 0. The molecule has 0 aliphatic carbocycles. The van der Waals surface area contributed by atoms with Crippen LogP contribution in [0.4, 0.5) is 0 Å². The van der Waals surface area contributed by atoms with Gasteiger partial charge in [-0.3, -0.25) is 9.59 Å². The van der Waals surface area contributed by atoms with E-state index in [4.69, 9.17) is 0 Å². The van der Waals surface area contributed by atoms with E-state index in [9.17, 15) is 9.59 Å². The number of hydrogen-bond donors (Lipinski definition) is 1. The van der Waals surface area contributed by atoms with Gasteiger partial charge in [0.2, 0.25) is 11.8 Å². The second-order valence-corrected chi connectivity index (χ2v) is 4.87. The maximum absolute atomic E-state index is 12.0. The highest BCUT2D eigenvalue weighted by Crippen LogP contribution is 2.15. The Labute approximate surface area is 97.4 Å². The third-order valence-electron chi connectivity index (χ3n) is 3.03. The number of nitrogens with one attached hydrogen (secondary N) is 1. The van der Waals surface area contributed by atoms with E-state index >= 15 is 0 Å². The molecule has 0 saturated carbocycles. The maximum atomic E-state index is 12.0. The van der Waals surface area contributed by atoms with Crippen LogP contribution in [-0.2, 0) is 9.59 Å². The first-order chi connectivity index (χ1) is 7.47. The minimum atomic E-state index is -0.373. The van der Waals surface area contributed by atoms with Gasteiger partial charge in [-0.05, 0) is 25.7 Å². The molecule has 1 rings (SSSR count). The van der Waals surface area contributed by atoms with Crippen LogP contribution in [0.25, 0.3) is 0 Å². The molecule has 0 aromatic heterocycles. The molecule has 1 N–H and O–H groups in total. The van der Waals surface area contributed by atoms with Crippen molar-refractivity contribution in [3.8, 4) is 0 Å². The summed E-state index contributed by atoms with van der Waals surface area (Å²) >= 11 is 0. The highest BCUT2D eigenvalue weighted by Gasteiger charge is 2.36. The van der Waals surface area contributed by atoms with Crippen LogP contribution in [0.5, 0.6) is 0 Å². The number of carbonyl (C=O) groups excluding carboxylic acids is 2. The van der Waals surface area contributed by atoms with Crippen LogP contribution < -0.4 is 5.32 Å². The van der Waals surface area contributed by atoms with Gasteiger partial charge in [0.15, 0.2) is 0 Å². The Morgan fingerprint density at radius 3 is 2.50 bits per heavy atom. The van der Waals surface area contributed by atoms with Crippen molar-refractivity contribution >= 4 is 11.8 Å². The maximum Gasteiger partial charge on any atom is 0.245 e. The Morgan fingerprint density at radius 2 is 2.00 bits per heavy atom. The minimum absolute atomic E-state index is 0.0154. The Bertz CT molecular complexity index is 276. The van der Waals surface area contributed by atoms with E-state index in [2.05, 4.69) is 19.2 Å². The van der Waals surface area contributed by atoms with Crippen molar-refractivity contribution in [1.82, 2.24) is 10.2 Å². The van der Waals surface area contributed by atoms with Crippen molar-refractivity contribution in [1.29, 1.82) is 0 Å². The van der Waals surface area contributed by atoms with E-state index in [1.807, 2.05) is 6.92 Å². The van der Waals surface area contributed by atoms with Gasteiger partial charge in [0.05, 0.1) is 0 Å². The molecule has 4 heteroatoms. The molecule has 1 aliphatic heterocycles. The second kappa shape index (κ2) is 5.32. The summed E-state index contributed by atoms with van der Waals surface area (Å²) in [5.74, 6) is 0.580. The molecule has 0 radical (unpaired) electrons. The van der Waals surface area contributed by atoms with Gasteiger partial charge in [-0.2, -0.15) is 0 Å². The zero-order valence-corrected chi connectivity index (χ0v) is 10.6. The lowest BCUT2D eigenvalue weighted by Crippen LogP contribution is -2.62. The van der Waals surface area contributed by atoms with Crippen LogP contribution >= 0.6 is 0 Å². The average molecular weight is 226 g/mol. The van der Waals surface area contributed by atoms with Gasteiger partial charge in [0, 0.05) is 6.54 Å². The van der Waals surface area contributed by atoms with E-state index in [1.165, 1.54) is 0 Å². The van der Waals surface area contributed by atoms with Crippen molar-refractivity contribution in [2.45, 2.75) is 52.6 Å². The van der Waals surface area contributed by atoms with Gasteiger partial charge in [-0.15, -0.1) is 0 Å². The third-order valence-corrected chi connectivity index (χ3v) is 3.03. The molecule has 1 heterocycles. The first kappa shape index (κ1) is 13.0. The van der Waals surface area contributed by atoms with Gasteiger partial charge in [-0.1, -0.05) is 20.8 Å². The fourth-order valence-electron chi connectivity index (χ4n) is 1.98. The van der Waals surface area contributed by atoms with Gasteiger partial charge in [0.25, 0.3) is 0 Å². The largest absolute Gasteiger partial charge is 0.343 e. The molecule has 0 bridgehead atoms. The molecule has 4 nitrogen and oxygen atoms in total. The third kappa shape index (κ3) is 2.74. The molecule has 0 aromatic rings. The van der Waals surface area contributed by atoms with E-state index in [0.717, 1.165) is 6.42 Å². The Hall–Kier alpha value is -1.06. The highest BCUT2D eigenvalue weighted by molar-refractivity contribution is 5.96. The van der Waals surface area contributed by atoms with Gasteiger partial charge in [-0.25, -0.2) is 0 Å². The van der Waals surface area contributed by atoms with Crippen LogP contribution in [0.1, 0.15) is 40.5 Å². The van der Waals surface area contributed by atoms with Crippen molar-refractivity contribution in [2.75, 3.05) is 6.54 Å². The number of amides is 2. The monoisotopic (exact) mass is 226 g/mol. The van der Waals surface area contributed by atoms with Crippen LogP contribution in [0, 0.1) is 5.92 Å². The minimum Gasteiger partial charge on any atom is -0.343 e. The Kier molecular flexibility index (Phi) is 4.33. The standard InChI is InChI=1S/C12H22N2O2/c1-5-10-11(15)13-9(4)12(16)14(10)7-6-8(2)3/h8-10H,5-7H2,1-4H3,(H,13,15). The molecular formula is C12H22N2O2. The fraction of sp³-hybridized carbons (Fsp3) is 0.833. The molecule has 0 spiro atoms. The van der Waals surface area contributed by atoms with Crippen LogP contribution in [0.15, 0.2) is 0 Å². The number of piperazine rings is 1. The average Bonchev–Trinajstić information content (AvgIpc) is 2.20. The summed E-state index contributed by atoms with van der Waals surface area (Å²) in [4.78, 5) is 25.4. The molecule has 1 fully saturated rings. The lowest BCUT2D eigenvalue weighted by Gasteiger charge is -2.37. The van der Waals surface area contributed by atoms with Gasteiger partial charge in [0.1, 0.15) is 12.1 Å². The molecule has 1 aliphatic rings. The van der Waals surface area contributed by atoms with Gasteiger partial charge < -0.3 is 10.2 Å². The topological polar surface area (TPSA) is 49.4 Å². The predicted octanol–water partition coefficient (Wildman–Crippen LogP) is 1.16. The molecule has 2 unspecified atom stereocenters.